The molecule has 3 aliphatic heterocycles. The van der Waals surface area contributed by atoms with Gasteiger partial charge in [-0.1, -0.05) is 12.1 Å². The van der Waals surface area contributed by atoms with E-state index in [1.54, 1.807) is 12.1 Å². The molecule has 0 radical (unpaired) electrons. The number of benzene rings is 1. The zero-order chi connectivity index (χ0) is 22.5. The molecule has 0 saturated carbocycles. The Bertz CT molecular complexity index is 790. The Morgan fingerprint density at radius 1 is 0.844 bits per heavy atom. The number of carbonyl (C=O) groups excluding carboxylic acids is 2. The summed E-state index contributed by atoms with van der Waals surface area (Å²) in [5.41, 5.74) is 0.615. The maximum absolute atomic E-state index is 14.0. The molecule has 1 aromatic rings. The van der Waals surface area contributed by atoms with Crippen molar-refractivity contribution in [2.75, 3.05) is 76.9 Å². The molecule has 0 aliphatic carbocycles. The Morgan fingerprint density at radius 2 is 1.47 bits per heavy atom. The van der Waals surface area contributed by atoms with Gasteiger partial charge in [-0.2, -0.15) is 0 Å². The molecule has 0 spiro atoms. The minimum Gasteiger partial charge on any atom is -0.366 e. The summed E-state index contributed by atoms with van der Waals surface area (Å²) in [4.78, 5) is 35.8. The minimum absolute atomic E-state index is 0.143. The van der Waals surface area contributed by atoms with Gasteiger partial charge in [-0.05, 0) is 38.3 Å². The molecule has 3 fully saturated rings. The highest BCUT2D eigenvalue weighted by atomic mass is 19.1. The first kappa shape index (κ1) is 23.0. The van der Waals surface area contributed by atoms with Crippen molar-refractivity contribution in [2.45, 2.75) is 32.2 Å². The van der Waals surface area contributed by atoms with Crippen LogP contribution in [0.25, 0.3) is 0 Å². The molecular formula is C24H36FN5O2. The van der Waals surface area contributed by atoms with Crippen LogP contribution in [0.3, 0.4) is 0 Å². The van der Waals surface area contributed by atoms with Gasteiger partial charge >= 0.3 is 0 Å². The van der Waals surface area contributed by atoms with Crippen LogP contribution in [0.4, 0.5) is 10.1 Å². The van der Waals surface area contributed by atoms with Crippen molar-refractivity contribution in [1.29, 1.82) is 0 Å². The molecule has 0 aromatic heterocycles. The van der Waals surface area contributed by atoms with Crippen LogP contribution in [0.5, 0.6) is 0 Å². The maximum Gasteiger partial charge on any atom is 0.236 e. The molecular weight excluding hydrogens is 409 g/mol. The second kappa shape index (κ2) is 10.6. The third-order valence-electron chi connectivity index (χ3n) is 7.13. The van der Waals surface area contributed by atoms with E-state index in [0.29, 0.717) is 51.0 Å². The Hall–Kier alpha value is -2.19. The Kier molecular flexibility index (Phi) is 7.63. The predicted molar refractivity (Wildman–Crippen MR) is 123 cm³/mol. The van der Waals surface area contributed by atoms with Crippen molar-refractivity contribution < 1.29 is 14.0 Å². The molecule has 1 unspecified atom stereocenters. The Balaban J connectivity index is 1.17. The summed E-state index contributed by atoms with van der Waals surface area (Å²) in [7, 11) is 0. The monoisotopic (exact) mass is 445 g/mol. The van der Waals surface area contributed by atoms with Gasteiger partial charge in [0.25, 0.3) is 0 Å². The standard InChI is InChI=1S/C24H36FN5O2/c1-20-6-4-5-9-30(20)24(32)19-27-12-10-26(11-13-27)18-23(31)29-16-14-28(15-17-29)22-8-3-2-7-21(22)25/h2-3,7-8,20H,4-6,9-19H2,1H3. The summed E-state index contributed by atoms with van der Waals surface area (Å²) in [6.07, 6.45) is 3.44. The van der Waals surface area contributed by atoms with Crippen LogP contribution in [0.15, 0.2) is 24.3 Å². The lowest BCUT2D eigenvalue weighted by Gasteiger charge is -2.39. The second-order valence-corrected chi connectivity index (χ2v) is 9.30. The van der Waals surface area contributed by atoms with E-state index in [2.05, 4.69) is 16.7 Å². The smallest absolute Gasteiger partial charge is 0.236 e. The first-order valence-corrected chi connectivity index (χ1v) is 12.0. The van der Waals surface area contributed by atoms with Gasteiger partial charge in [-0.15, -0.1) is 0 Å². The quantitative estimate of drug-likeness (QED) is 0.688. The highest BCUT2D eigenvalue weighted by Crippen LogP contribution is 2.20. The second-order valence-electron chi connectivity index (χ2n) is 9.30. The third-order valence-corrected chi connectivity index (χ3v) is 7.13. The van der Waals surface area contributed by atoms with Gasteiger partial charge in [0.1, 0.15) is 5.82 Å². The summed E-state index contributed by atoms with van der Waals surface area (Å²) >= 11 is 0. The van der Waals surface area contributed by atoms with E-state index in [0.717, 1.165) is 45.6 Å². The molecule has 3 heterocycles. The number of anilines is 1. The molecule has 4 rings (SSSR count). The maximum atomic E-state index is 14.0. The molecule has 2 amide bonds. The molecule has 0 bridgehead atoms. The van der Waals surface area contributed by atoms with Crippen LogP contribution in [0.1, 0.15) is 26.2 Å². The zero-order valence-corrected chi connectivity index (χ0v) is 19.2. The van der Waals surface area contributed by atoms with E-state index < -0.39 is 0 Å². The van der Waals surface area contributed by atoms with Crippen LogP contribution in [-0.2, 0) is 9.59 Å². The van der Waals surface area contributed by atoms with Crippen LogP contribution >= 0.6 is 0 Å². The third kappa shape index (κ3) is 5.59. The predicted octanol–water partition coefficient (Wildman–Crippen LogP) is 1.49. The van der Waals surface area contributed by atoms with Crippen molar-refractivity contribution >= 4 is 17.5 Å². The van der Waals surface area contributed by atoms with Gasteiger partial charge in [-0.3, -0.25) is 19.4 Å². The van der Waals surface area contributed by atoms with Crippen molar-refractivity contribution in [2.24, 2.45) is 0 Å². The fourth-order valence-corrected chi connectivity index (χ4v) is 5.05. The fourth-order valence-electron chi connectivity index (χ4n) is 5.05. The number of likely N-dealkylation sites (tertiary alicyclic amines) is 1. The van der Waals surface area contributed by atoms with E-state index in [1.807, 2.05) is 20.8 Å². The molecule has 0 N–H and O–H groups in total. The number of halogens is 1. The van der Waals surface area contributed by atoms with Gasteiger partial charge in [0.05, 0.1) is 18.8 Å². The number of carbonyl (C=O) groups is 2. The molecule has 1 aromatic carbocycles. The molecule has 3 saturated heterocycles. The van der Waals surface area contributed by atoms with Gasteiger partial charge in [0.15, 0.2) is 0 Å². The number of amides is 2. The number of piperidine rings is 1. The van der Waals surface area contributed by atoms with Crippen LogP contribution in [-0.4, -0.2) is 109 Å². The van der Waals surface area contributed by atoms with E-state index in [-0.39, 0.29) is 17.6 Å². The summed E-state index contributed by atoms with van der Waals surface area (Å²) < 4.78 is 14.0. The molecule has 3 aliphatic rings. The number of rotatable bonds is 5. The lowest BCUT2D eigenvalue weighted by atomic mass is 10.0. The summed E-state index contributed by atoms with van der Waals surface area (Å²) in [6.45, 7) is 9.75. The van der Waals surface area contributed by atoms with Gasteiger partial charge in [-0.25, -0.2) is 4.39 Å². The van der Waals surface area contributed by atoms with Crippen LogP contribution in [0, 0.1) is 5.82 Å². The number of piperazine rings is 2. The van der Waals surface area contributed by atoms with E-state index >= 15 is 0 Å². The SMILES string of the molecule is CC1CCCCN1C(=O)CN1CCN(CC(=O)N2CCN(c3ccccc3F)CC2)CC1. The lowest BCUT2D eigenvalue weighted by Crippen LogP contribution is -2.55. The number of nitrogens with zero attached hydrogens (tertiary/aromatic N) is 5. The van der Waals surface area contributed by atoms with E-state index in [9.17, 15) is 14.0 Å². The molecule has 176 valence electrons. The first-order valence-electron chi connectivity index (χ1n) is 12.0. The average molecular weight is 446 g/mol. The highest BCUT2D eigenvalue weighted by Gasteiger charge is 2.28. The Morgan fingerprint density at radius 3 is 2.09 bits per heavy atom. The molecule has 8 heteroatoms. The zero-order valence-electron chi connectivity index (χ0n) is 19.2. The number of hydrogen-bond donors (Lipinski definition) is 0. The van der Waals surface area contributed by atoms with Gasteiger partial charge in [0, 0.05) is 64.9 Å². The van der Waals surface area contributed by atoms with Crippen LogP contribution in [0.2, 0.25) is 0 Å². The van der Waals surface area contributed by atoms with Gasteiger partial charge in [0.2, 0.25) is 11.8 Å². The normalized spacial score (nSPS) is 23.4. The molecule has 7 nitrogen and oxygen atoms in total. The Labute approximate surface area is 190 Å². The van der Waals surface area contributed by atoms with E-state index in [1.165, 1.54) is 12.5 Å². The largest absolute Gasteiger partial charge is 0.366 e. The number of hydrogen-bond acceptors (Lipinski definition) is 5. The lowest BCUT2D eigenvalue weighted by molar-refractivity contribution is -0.137. The molecule has 32 heavy (non-hydrogen) atoms. The highest BCUT2D eigenvalue weighted by molar-refractivity contribution is 5.79. The summed E-state index contributed by atoms with van der Waals surface area (Å²) in [6, 6.07) is 7.17. The van der Waals surface area contributed by atoms with Gasteiger partial charge < -0.3 is 14.7 Å². The van der Waals surface area contributed by atoms with Crippen LogP contribution < -0.4 is 4.90 Å². The topological polar surface area (TPSA) is 50.3 Å². The summed E-state index contributed by atoms with van der Waals surface area (Å²) in [5, 5.41) is 0. The van der Waals surface area contributed by atoms with Crippen molar-refractivity contribution in [1.82, 2.24) is 19.6 Å². The average Bonchev–Trinajstić information content (AvgIpc) is 2.81. The first-order chi connectivity index (χ1) is 15.5. The fraction of sp³-hybridized carbons (Fsp3) is 0.667. The van der Waals surface area contributed by atoms with Crippen molar-refractivity contribution in [3.63, 3.8) is 0 Å². The minimum atomic E-state index is -0.210. The molecule has 1 atom stereocenters. The van der Waals surface area contributed by atoms with Crippen molar-refractivity contribution in [3.8, 4) is 0 Å². The van der Waals surface area contributed by atoms with Crippen molar-refractivity contribution in [3.05, 3.63) is 30.1 Å². The van der Waals surface area contributed by atoms with E-state index in [4.69, 9.17) is 0 Å². The number of para-hydroxylation sites is 1. The summed E-state index contributed by atoms with van der Waals surface area (Å²) in [5.74, 6) is 0.178.